The van der Waals surface area contributed by atoms with Crippen LogP contribution in [0.3, 0.4) is 0 Å². The number of halogens is 1. The predicted molar refractivity (Wildman–Crippen MR) is 142 cm³/mol. The number of aliphatic hydroxyl groups excluding tert-OH is 1. The minimum absolute atomic E-state index is 0.00710. The highest BCUT2D eigenvalue weighted by Gasteiger charge is 2.46. The average Bonchev–Trinajstić information content (AvgIpc) is 3.22. The van der Waals surface area contributed by atoms with E-state index in [1.54, 1.807) is 48.8 Å². The van der Waals surface area contributed by atoms with Gasteiger partial charge in [0.25, 0.3) is 11.7 Å². The van der Waals surface area contributed by atoms with Crippen molar-refractivity contribution in [3.63, 3.8) is 0 Å². The molecule has 5 rings (SSSR count). The maximum atomic E-state index is 14.5. The molecule has 1 N–H and O–H groups in total. The number of hydrogen-bond donors (Lipinski definition) is 1. The number of ketones is 1. The summed E-state index contributed by atoms with van der Waals surface area (Å²) in [7, 11) is 1.33. The summed E-state index contributed by atoms with van der Waals surface area (Å²) in [5, 5.41) is 11.2. The Kier molecular flexibility index (Phi) is 7.36. The van der Waals surface area contributed by atoms with E-state index in [0.29, 0.717) is 17.9 Å². The number of Topliss-reactive ketones (excluding diaryl/α,β-unsaturated/α-hetero) is 1. The second kappa shape index (κ2) is 11.2. The van der Waals surface area contributed by atoms with E-state index in [2.05, 4.69) is 4.98 Å². The van der Waals surface area contributed by atoms with Gasteiger partial charge in [-0.2, -0.15) is 0 Å². The number of aromatic nitrogens is 1. The van der Waals surface area contributed by atoms with Crippen LogP contribution in [0.25, 0.3) is 5.76 Å². The zero-order valence-electron chi connectivity index (χ0n) is 21.1. The SMILES string of the molecule is COc1ccc(/C(O)=C2\C(=O)C(=O)N(Cc3ccncc3)C2c2ccc(OCc3ccccc3)cc2)cc1F. The fourth-order valence-electron chi connectivity index (χ4n) is 4.53. The summed E-state index contributed by atoms with van der Waals surface area (Å²) in [5.74, 6) is -2.20. The van der Waals surface area contributed by atoms with Gasteiger partial charge in [0.05, 0.1) is 18.7 Å². The fraction of sp³-hybridized carbons (Fsp3) is 0.129. The Bertz CT molecular complexity index is 1520. The Morgan fingerprint density at radius 1 is 0.949 bits per heavy atom. The Morgan fingerprint density at radius 3 is 2.33 bits per heavy atom. The third kappa shape index (κ3) is 5.36. The zero-order chi connectivity index (χ0) is 27.4. The van der Waals surface area contributed by atoms with Gasteiger partial charge < -0.3 is 19.5 Å². The van der Waals surface area contributed by atoms with E-state index in [0.717, 1.165) is 17.2 Å². The number of pyridine rings is 1. The molecule has 1 fully saturated rings. The zero-order valence-corrected chi connectivity index (χ0v) is 21.1. The monoisotopic (exact) mass is 524 g/mol. The van der Waals surface area contributed by atoms with E-state index >= 15 is 0 Å². The van der Waals surface area contributed by atoms with Gasteiger partial charge in [-0.05, 0) is 59.2 Å². The molecule has 0 bridgehead atoms. The Hall–Kier alpha value is -4.98. The van der Waals surface area contributed by atoms with Crippen molar-refractivity contribution in [3.05, 3.63) is 131 Å². The molecule has 1 aliphatic rings. The van der Waals surface area contributed by atoms with Crippen molar-refractivity contribution >= 4 is 17.4 Å². The van der Waals surface area contributed by atoms with E-state index < -0.39 is 29.3 Å². The molecule has 8 heteroatoms. The quantitative estimate of drug-likeness (QED) is 0.188. The molecule has 2 heterocycles. The van der Waals surface area contributed by atoms with Crippen LogP contribution in [0.15, 0.2) is 103 Å². The Labute approximate surface area is 224 Å². The smallest absolute Gasteiger partial charge is 0.295 e. The number of rotatable bonds is 8. The molecule has 0 radical (unpaired) electrons. The first-order valence-corrected chi connectivity index (χ1v) is 12.2. The number of aliphatic hydroxyl groups is 1. The topological polar surface area (TPSA) is 89.0 Å². The summed E-state index contributed by atoms with van der Waals surface area (Å²) in [5.41, 5.74) is 2.29. The van der Waals surface area contributed by atoms with Gasteiger partial charge in [0, 0.05) is 24.5 Å². The van der Waals surface area contributed by atoms with Gasteiger partial charge in [0.1, 0.15) is 18.1 Å². The van der Waals surface area contributed by atoms with Crippen LogP contribution >= 0.6 is 0 Å². The number of amides is 1. The normalized spacial score (nSPS) is 16.4. The first kappa shape index (κ1) is 25.7. The van der Waals surface area contributed by atoms with Crippen molar-refractivity contribution in [1.29, 1.82) is 0 Å². The van der Waals surface area contributed by atoms with E-state index in [1.165, 1.54) is 24.1 Å². The molecular weight excluding hydrogens is 499 g/mol. The minimum atomic E-state index is -0.911. The van der Waals surface area contributed by atoms with Gasteiger partial charge in [-0.3, -0.25) is 14.6 Å². The van der Waals surface area contributed by atoms with Gasteiger partial charge in [-0.15, -0.1) is 0 Å². The van der Waals surface area contributed by atoms with Crippen LogP contribution in [-0.2, 0) is 22.7 Å². The van der Waals surface area contributed by atoms with Crippen LogP contribution in [0, 0.1) is 5.82 Å². The van der Waals surface area contributed by atoms with Crippen LogP contribution in [0.4, 0.5) is 4.39 Å². The predicted octanol–water partition coefficient (Wildman–Crippen LogP) is 5.43. The molecule has 196 valence electrons. The standard InChI is InChI=1S/C31H25FN2O5/c1-38-26-12-9-23(17-25(26)32)29(35)27-28(34(31(37)30(27)36)18-20-13-15-33-16-14-20)22-7-10-24(11-8-22)39-19-21-5-3-2-4-6-21/h2-17,28,35H,18-19H2,1H3/b29-27+. The number of ether oxygens (including phenoxy) is 2. The lowest BCUT2D eigenvalue weighted by Gasteiger charge is -2.25. The molecule has 4 aromatic rings. The number of methoxy groups -OCH3 is 1. The molecular formula is C31H25FN2O5. The van der Waals surface area contributed by atoms with Gasteiger partial charge in [-0.1, -0.05) is 42.5 Å². The molecule has 7 nitrogen and oxygen atoms in total. The largest absolute Gasteiger partial charge is 0.507 e. The molecule has 1 saturated heterocycles. The van der Waals surface area contributed by atoms with E-state index in [9.17, 15) is 19.1 Å². The summed E-state index contributed by atoms with van der Waals surface area (Å²) in [6, 6.07) is 23.2. The molecule has 1 aromatic heterocycles. The molecule has 39 heavy (non-hydrogen) atoms. The Morgan fingerprint density at radius 2 is 1.67 bits per heavy atom. The number of carbonyl (C=O) groups excluding carboxylic acids is 2. The van der Waals surface area contributed by atoms with Gasteiger partial charge >= 0.3 is 0 Å². The van der Waals surface area contributed by atoms with Crippen LogP contribution < -0.4 is 9.47 Å². The van der Waals surface area contributed by atoms with Crippen molar-refractivity contribution < 1.29 is 28.6 Å². The van der Waals surface area contributed by atoms with Crippen molar-refractivity contribution in [2.75, 3.05) is 7.11 Å². The highest BCUT2D eigenvalue weighted by atomic mass is 19.1. The maximum absolute atomic E-state index is 14.5. The second-order valence-electron chi connectivity index (χ2n) is 8.98. The summed E-state index contributed by atoms with van der Waals surface area (Å²) in [6.07, 6.45) is 3.19. The maximum Gasteiger partial charge on any atom is 0.295 e. The van der Waals surface area contributed by atoms with Gasteiger partial charge in [-0.25, -0.2) is 4.39 Å². The lowest BCUT2D eigenvalue weighted by molar-refractivity contribution is -0.140. The van der Waals surface area contributed by atoms with Gasteiger partial charge in [0.2, 0.25) is 0 Å². The summed E-state index contributed by atoms with van der Waals surface area (Å²) in [4.78, 5) is 31.9. The third-order valence-electron chi connectivity index (χ3n) is 6.51. The highest BCUT2D eigenvalue weighted by Crippen LogP contribution is 2.41. The lowest BCUT2D eigenvalue weighted by Crippen LogP contribution is -2.29. The number of carbonyl (C=O) groups is 2. The number of likely N-dealkylation sites (tertiary alicyclic amines) is 1. The van der Waals surface area contributed by atoms with E-state index in [-0.39, 0.29) is 23.4 Å². The van der Waals surface area contributed by atoms with E-state index in [4.69, 9.17) is 9.47 Å². The molecule has 3 aromatic carbocycles. The number of hydrogen-bond acceptors (Lipinski definition) is 6. The first-order chi connectivity index (χ1) is 19.0. The molecule has 1 amide bonds. The minimum Gasteiger partial charge on any atom is -0.507 e. The number of nitrogens with zero attached hydrogens (tertiary/aromatic N) is 2. The summed E-state index contributed by atoms with van der Waals surface area (Å²) >= 11 is 0. The molecule has 1 unspecified atom stereocenters. The fourth-order valence-corrected chi connectivity index (χ4v) is 4.53. The van der Waals surface area contributed by atoms with Crippen LogP contribution in [-0.4, -0.2) is 33.8 Å². The molecule has 1 aliphatic heterocycles. The molecule has 0 spiro atoms. The van der Waals surface area contributed by atoms with Crippen LogP contribution in [0.1, 0.15) is 28.3 Å². The van der Waals surface area contributed by atoms with Crippen LogP contribution in [0.5, 0.6) is 11.5 Å². The first-order valence-electron chi connectivity index (χ1n) is 12.2. The number of benzene rings is 3. The van der Waals surface area contributed by atoms with Crippen molar-refractivity contribution in [2.24, 2.45) is 0 Å². The van der Waals surface area contributed by atoms with Gasteiger partial charge in [0.15, 0.2) is 11.6 Å². The highest BCUT2D eigenvalue weighted by molar-refractivity contribution is 6.46. The average molecular weight is 525 g/mol. The summed E-state index contributed by atoms with van der Waals surface area (Å²) < 4.78 is 25.3. The summed E-state index contributed by atoms with van der Waals surface area (Å²) in [6.45, 7) is 0.488. The van der Waals surface area contributed by atoms with Crippen molar-refractivity contribution in [3.8, 4) is 11.5 Å². The molecule has 0 aliphatic carbocycles. The second-order valence-corrected chi connectivity index (χ2v) is 8.98. The Balaban J connectivity index is 1.53. The van der Waals surface area contributed by atoms with Crippen molar-refractivity contribution in [1.82, 2.24) is 9.88 Å². The van der Waals surface area contributed by atoms with Crippen LogP contribution in [0.2, 0.25) is 0 Å². The lowest BCUT2D eigenvalue weighted by atomic mass is 9.95. The molecule has 1 atom stereocenters. The molecule has 0 saturated carbocycles. The van der Waals surface area contributed by atoms with Crippen molar-refractivity contribution in [2.45, 2.75) is 19.2 Å². The van der Waals surface area contributed by atoms with E-state index in [1.807, 2.05) is 30.3 Å². The third-order valence-corrected chi connectivity index (χ3v) is 6.51.